The van der Waals surface area contributed by atoms with Crippen molar-refractivity contribution in [3.63, 3.8) is 0 Å². The van der Waals surface area contributed by atoms with Gasteiger partial charge in [-0.25, -0.2) is 4.79 Å². The number of rotatable bonds is 5. The summed E-state index contributed by atoms with van der Waals surface area (Å²) in [6.07, 6.45) is 0.965. The average molecular weight is 304 g/mol. The molecule has 0 saturated heterocycles. The molecule has 1 unspecified atom stereocenters. The molecule has 0 bridgehead atoms. The normalized spacial score (nSPS) is 12.0. The Morgan fingerprint density at radius 2 is 2.19 bits per heavy atom. The molecule has 1 aromatic carbocycles. The maximum atomic E-state index is 11.5. The third-order valence-corrected chi connectivity index (χ3v) is 4.47. The summed E-state index contributed by atoms with van der Waals surface area (Å²) in [5.41, 5.74) is 8.05. The summed E-state index contributed by atoms with van der Waals surface area (Å²) in [7, 11) is 3.38. The molecule has 21 heavy (non-hydrogen) atoms. The molecule has 0 saturated carbocycles. The summed E-state index contributed by atoms with van der Waals surface area (Å²) >= 11 is 1.76. The van der Waals surface area contributed by atoms with Crippen LogP contribution in [0, 0.1) is 0 Å². The SMILES string of the molecule is COC(=O)c1ccc(N(C)C(C)Cc2cccs2)c(N)c1. The number of hydrogen-bond donors (Lipinski definition) is 1. The summed E-state index contributed by atoms with van der Waals surface area (Å²) in [6.45, 7) is 2.16. The molecule has 2 N–H and O–H groups in total. The van der Waals surface area contributed by atoms with Crippen molar-refractivity contribution in [2.75, 3.05) is 24.8 Å². The van der Waals surface area contributed by atoms with Crippen molar-refractivity contribution in [1.29, 1.82) is 0 Å². The number of methoxy groups -OCH3 is 1. The molecule has 1 atom stereocenters. The molecule has 4 nitrogen and oxygen atoms in total. The number of ether oxygens (including phenoxy) is 1. The highest BCUT2D eigenvalue weighted by atomic mass is 32.1. The predicted octanol–water partition coefficient (Wildman–Crippen LogP) is 3.18. The van der Waals surface area contributed by atoms with E-state index in [1.165, 1.54) is 12.0 Å². The molecule has 2 aromatic rings. The van der Waals surface area contributed by atoms with E-state index in [4.69, 9.17) is 10.5 Å². The van der Waals surface area contributed by atoms with Crippen molar-refractivity contribution in [1.82, 2.24) is 0 Å². The fourth-order valence-corrected chi connectivity index (χ4v) is 3.04. The summed E-state index contributed by atoms with van der Waals surface area (Å²) in [4.78, 5) is 15.0. The Bertz CT molecular complexity index is 611. The van der Waals surface area contributed by atoms with Crippen LogP contribution in [0.15, 0.2) is 35.7 Å². The van der Waals surface area contributed by atoms with Gasteiger partial charge in [0.05, 0.1) is 24.0 Å². The van der Waals surface area contributed by atoms with Crippen molar-refractivity contribution in [3.8, 4) is 0 Å². The molecule has 0 radical (unpaired) electrons. The van der Waals surface area contributed by atoms with Crippen LogP contribution in [-0.2, 0) is 11.2 Å². The van der Waals surface area contributed by atoms with Gasteiger partial charge in [0.15, 0.2) is 0 Å². The molecule has 1 heterocycles. The Labute approximate surface area is 129 Å². The van der Waals surface area contributed by atoms with E-state index in [1.54, 1.807) is 23.5 Å². The number of carbonyl (C=O) groups is 1. The molecule has 5 heteroatoms. The zero-order chi connectivity index (χ0) is 15.4. The lowest BCUT2D eigenvalue weighted by atomic mass is 10.1. The number of esters is 1. The predicted molar refractivity (Wildman–Crippen MR) is 88.1 cm³/mol. The molecule has 0 amide bonds. The van der Waals surface area contributed by atoms with Gasteiger partial charge in [0.1, 0.15) is 0 Å². The smallest absolute Gasteiger partial charge is 0.337 e. The van der Waals surface area contributed by atoms with Gasteiger partial charge in [-0.1, -0.05) is 6.07 Å². The third-order valence-electron chi connectivity index (χ3n) is 3.57. The van der Waals surface area contributed by atoms with E-state index in [1.807, 2.05) is 13.1 Å². The first-order valence-electron chi connectivity index (χ1n) is 6.76. The number of thiophene rings is 1. The van der Waals surface area contributed by atoms with Crippen molar-refractivity contribution in [2.45, 2.75) is 19.4 Å². The first-order valence-corrected chi connectivity index (χ1v) is 7.64. The van der Waals surface area contributed by atoms with Gasteiger partial charge in [0.25, 0.3) is 0 Å². The van der Waals surface area contributed by atoms with Gasteiger partial charge in [0, 0.05) is 24.4 Å². The van der Waals surface area contributed by atoms with Crippen molar-refractivity contribution in [3.05, 3.63) is 46.2 Å². The van der Waals surface area contributed by atoms with Gasteiger partial charge in [-0.2, -0.15) is 0 Å². The van der Waals surface area contributed by atoms with Crippen LogP contribution in [0.1, 0.15) is 22.2 Å². The van der Waals surface area contributed by atoms with Gasteiger partial charge < -0.3 is 15.4 Å². The summed E-state index contributed by atoms with van der Waals surface area (Å²) in [5, 5.41) is 2.08. The van der Waals surface area contributed by atoms with Gasteiger partial charge in [-0.05, 0) is 36.6 Å². The van der Waals surface area contributed by atoms with Crippen LogP contribution < -0.4 is 10.6 Å². The highest BCUT2D eigenvalue weighted by molar-refractivity contribution is 7.09. The zero-order valence-electron chi connectivity index (χ0n) is 12.5. The molecule has 0 aliphatic carbocycles. The number of nitrogens with two attached hydrogens (primary N) is 1. The number of likely N-dealkylation sites (N-methyl/N-ethyl adjacent to an activating group) is 1. The highest BCUT2D eigenvalue weighted by Gasteiger charge is 2.15. The van der Waals surface area contributed by atoms with Gasteiger partial charge in [-0.15, -0.1) is 11.3 Å². The van der Waals surface area contributed by atoms with Crippen LogP contribution in [0.25, 0.3) is 0 Å². The van der Waals surface area contributed by atoms with Crippen molar-refractivity contribution < 1.29 is 9.53 Å². The number of nitrogen functional groups attached to an aromatic ring is 1. The summed E-state index contributed by atoms with van der Waals surface area (Å²) in [6, 6.07) is 9.79. The molecular weight excluding hydrogens is 284 g/mol. The standard InChI is InChI=1S/C16H20N2O2S/c1-11(9-13-5-4-8-21-13)18(2)15-7-6-12(10-14(15)17)16(19)20-3/h4-8,10-11H,9,17H2,1-3H3. The maximum absolute atomic E-state index is 11.5. The van der Waals surface area contributed by atoms with Crippen LogP contribution >= 0.6 is 11.3 Å². The molecule has 112 valence electrons. The Kier molecular flexibility index (Phi) is 4.85. The van der Waals surface area contributed by atoms with Crippen molar-refractivity contribution in [2.24, 2.45) is 0 Å². The van der Waals surface area contributed by atoms with Gasteiger partial charge in [-0.3, -0.25) is 0 Å². The fraction of sp³-hybridized carbons (Fsp3) is 0.312. The molecule has 1 aromatic heterocycles. The van der Waals surface area contributed by atoms with E-state index in [0.717, 1.165) is 12.1 Å². The second-order valence-electron chi connectivity index (χ2n) is 5.01. The highest BCUT2D eigenvalue weighted by Crippen LogP contribution is 2.26. The Morgan fingerprint density at radius 3 is 2.76 bits per heavy atom. The zero-order valence-corrected chi connectivity index (χ0v) is 13.3. The fourth-order valence-electron chi connectivity index (χ4n) is 2.21. The van der Waals surface area contributed by atoms with Crippen LogP contribution in [0.2, 0.25) is 0 Å². The maximum Gasteiger partial charge on any atom is 0.337 e. The number of hydrogen-bond acceptors (Lipinski definition) is 5. The summed E-state index contributed by atoms with van der Waals surface area (Å²) < 4.78 is 4.70. The molecule has 0 aliphatic heterocycles. The quantitative estimate of drug-likeness (QED) is 0.681. The number of anilines is 2. The Hall–Kier alpha value is -2.01. The second kappa shape index (κ2) is 6.63. The van der Waals surface area contributed by atoms with Crippen LogP contribution in [0.3, 0.4) is 0 Å². The topological polar surface area (TPSA) is 55.6 Å². The first-order chi connectivity index (χ1) is 10.0. The molecule has 0 spiro atoms. The lowest BCUT2D eigenvalue weighted by Crippen LogP contribution is -2.31. The lowest BCUT2D eigenvalue weighted by Gasteiger charge is -2.28. The van der Waals surface area contributed by atoms with E-state index in [9.17, 15) is 4.79 Å². The average Bonchev–Trinajstić information content (AvgIpc) is 2.98. The minimum absolute atomic E-state index is 0.315. The third kappa shape index (κ3) is 3.55. The Morgan fingerprint density at radius 1 is 1.43 bits per heavy atom. The minimum Gasteiger partial charge on any atom is -0.465 e. The molecule has 0 aliphatic rings. The van der Waals surface area contributed by atoms with E-state index >= 15 is 0 Å². The van der Waals surface area contributed by atoms with Crippen molar-refractivity contribution >= 4 is 28.7 Å². The lowest BCUT2D eigenvalue weighted by molar-refractivity contribution is 0.0601. The van der Waals surface area contributed by atoms with Crippen LogP contribution in [-0.4, -0.2) is 26.2 Å². The summed E-state index contributed by atoms with van der Waals surface area (Å²) in [5.74, 6) is -0.373. The largest absolute Gasteiger partial charge is 0.465 e. The Balaban J connectivity index is 2.15. The number of nitrogens with zero attached hydrogens (tertiary/aromatic N) is 1. The van der Waals surface area contributed by atoms with Crippen LogP contribution in [0.5, 0.6) is 0 Å². The molecular formula is C16H20N2O2S. The second-order valence-corrected chi connectivity index (χ2v) is 6.04. The van der Waals surface area contributed by atoms with Gasteiger partial charge >= 0.3 is 5.97 Å². The number of benzene rings is 1. The van der Waals surface area contributed by atoms with Gasteiger partial charge in [0.2, 0.25) is 0 Å². The molecule has 2 rings (SSSR count). The van der Waals surface area contributed by atoms with Crippen LogP contribution in [0.4, 0.5) is 11.4 Å². The minimum atomic E-state index is -0.373. The molecule has 0 fully saturated rings. The first kappa shape index (κ1) is 15.4. The number of carbonyl (C=O) groups excluding carboxylic acids is 1. The van der Waals surface area contributed by atoms with E-state index in [2.05, 4.69) is 29.3 Å². The van der Waals surface area contributed by atoms with E-state index in [-0.39, 0.29) is 5.97 Å². The monoisotopic (exact) mass is 304 g/mol. The van der Waals surface area contributed by atoms with E-state index in [0.29, 0.717) is 17.3 Å². The van der Waals surface area contributed by atoms with E-state index < -0.39 is 0 Å².